The number of rotatable bonds is 3. The monoisotopic (exact) mass is 422 g/mol. The Bertz CT molecular complexity index is 1110. The predicted molar refractivity (Wildman–Crippen MR) is 118 cm³/mol. The summed E-state index contributed by atoms with van der Waals surface area (Å²) in [4.78, 5) is 7.37. The zero-order chi connectivity index (χ0) is 20.7. The van der Waals surface area contributed by atoms with E-state index >= 15 is 0 Å². The molecule has 1 saturated heterocycles. The summed E-state index contributed by atoms with van der Waals surface area (Å²) in [5.41, 5.74) is 4.09. The van der Waals surface area contributed by atoms with E-state index in [2.05, 4.69) is 34.2 Å². The number of nitriles is 1. The zero-order valence-electron chi connectivity index (χ0n) is 17.4. The van der Waals surface area contributed by atoms with Crippen molar-refractivity contribution in [2.24, 2.45) is 0 Å². The SMILES string of the molecule is Cc1cc(-c2nsc3c(C4(C#N)CCCCC4)cc(N4CCOC[C@H]4C)nc23)n[nH]1. The van der Waals surface area contributed by atoms with E-state index < -0.39 is 5.41 Å². The van der Waals surface area contributed by atoms with Crippen molar-refractivity contribution in [2.45, 2.75) is 57.4 Å². The lowest BCUT2D eigenvalue weighted by molar-refractivity contribution is 0.0985. The van der Waals surface area contributed by atoms with Crippen LogP contribution in [-0.4, -0.2) is 45.4 Å². The number of morpholine rings is 1. The third-order valence-electron chi connectivity index (χ3n) is 6.46. The van der Waals surface area contributed by atoms with Crippen LogP contribution in [0.15, 0.2) is 12.1 Å². The molecular weight excluding hydrogens is 396 g/mol. The van der Waals surface area contributed by atoms with Crippen LogP contribution in [0, 0.1) is 18.3 Å². The third-order valence-corrected chi connectivity index (χ3v) is 7.33. The van der Waals surface area contributed by atoms with Crippen LogP contribution >= 0.6 is 11.5 Å². The number of hydrogen-bond acceptors (Lipinski definition) is 7. The number of anilines is 1. The number of aromatic amines is 1. The fourth-order valence-electron chi connectivity index (χ4n) is 4.78. The Labute approximate surface area is 180 Å². The Hall–Kier alpha value is -2.50. The molecule has 0 radical (unpaired) electrons. The summed E-state index contributed by atoms with van der Waals surface area (Å²) in [6.45, 7) is 6.32. The Balaban J connectivity index is 1.73. The van der Waals surface area contributed by atoms with Crippen LogP contribution in [0.3, 0.4) is 0 Å². The summed E-state index contributed by atoms with van der Waals surface area (Å²) >= 11 is 1.45. The maximum absolute atomic E-state index is 10.3. The molecule has 2 aliphatic rings. The number of hydrogen-bond donors (Lipinski definition) is 1. The molecule has 1 aliphatic heterocycles. The molecular formula is C22H26N6OS. The summed E-state index contributed by atoms with van der Waals surface area (Å²) < 4.78 is 11.4. The van der Waals surface area contributed by atoms with E-state index in [-0.39, 0.29) is 6.04 Å². The van der Waals surface area contributed by atoms with Crippen LogP contribution in [-0.2, 0) is 10.2 Å². The van der Waals surface area contributed by atoms with E-state index in [1.54, 1.807) is 0 Å². The standard InChI is InChI=1S/C22H26N6OS/c1-14-10-17(26-25-14)19-20-21(30-27-19)16(22(13-23)6-4-3-5-7-22)11-18(24-20)28-8-9-29-12-15(28)2/h10-11,15H,3-9,12H2,1-2H3,(H,25,26)/t15-/m1/s1. The average Bonchev–Trinajstić information content (AvgIpc) is 3.39. The Morgan fingerprint density at radius 1 is 1.30 bits per heavy atom. The highest BCUT2D eigenvalue weighted by Crippen LogP contribution is 2.45. The molecule has 0 unspecified atom stereocenters. The highest BCUT2D eigenvalue weighted by molar-refractivity contribution is 7.13. The minimum absolute atomic E-state index is 0.239. The lowest BCUT2D eigenvalue weighted by Gasteiger charge is -2.36. The van der Waals surface area contributed by atoms with Gasteiger partial charge in [0, 0.05) is 12.2 Å². The molecule has 5 rings (SSSR count). The number of nitrogens with zero attached hydrogens (tertiary/aromatic N) is 5. The minimum Gasteiger partial charge on any atom is -0.377 e. The Morgan fingerprint density at radius 3 is 2.83 bits per heavy atom. The van der Waals surface area contributed by atoms with E-state index in [0.717, 1.165) is 70.9 Å². The van der Waals surface area contributed by atoms with Gasteiger partial charge in [-0.05, 0) is 55.9 Å². The first-order chi connectivity index (χ1) is 14.6. The van der Waals surface area contributed by atoms with Crippen molar-refractivity contribution in [3.05, 3.63) is 23.4 Å². The fraction of sp³-hybridized carbons (Fsp3) is 0.545. The summed E-state index contributed by atoms with van der Waals surface area (Å²) in [6.07, 6.45) is 5.17. The van der Waals surface area contributed by atoms with Gasteiger partial charge in [0.1, 0.15) is 22.7 Å². The Kier molecular flexibility index (Phi) is 4.95. The van der Waals surface area contributed by atoms with Crippen molar-refractivity contribution >= 4 is 27.6 Å². The molecule has 30 heavy (non-hydrogen) atoms. The summed E-state index contributed by atoms with van der Waals surface area (Å²) in [6, 6.07) is 7.11. The van der Waals surface area contributed by atoms with E-state index in [4.69, 9.17) is 14.1 Å². The molecule has 4 heterocycles. The Morgan fingerprint density at radius 2 is 2.13 bits per heavy atom. The lowest BCUT2D eigenvalue weighted by atomic mass is 9.70. The van der Waals surface area contributed by atoms with Gasteiger partial charge in [-0.1, -0.05) is 19.3 Å². The van der Waals surface area contributed by atoms with Gasteiger partial charge in [0.25, 0.3) is 0 Å². The topological polar surface area (TPSA) is 90.7 Å². The lowest BCUT2D eigenvalue weighted by Crippen LogP contribution is -2.44. The normalized spacial score (nSPS) is 21.6. The maximum Gasteiger partial charge on any atom is 0.131 e. The number of H-pyrrole nitrogens is 1. The molecule has 156 valence electrons. The molecule has 1 N–H and O–H groups in total. The molecule has 0 aromatic carbocycles. The smallest absolute Gasteiger partial charge is 0.131 e. The van der Waals surface area contributed by atoms with Crippen LogP contribution in [0.5, 0.6) is 0 Å². The summed E-state index contributed by atoms with van der Waals surface area (Å²) in [5, 5.41) is 17.7. The van der Waals surface area contributed by atoms with Gasteiger partial charge in [-0.3, -0.25) is 5.10 Å². The minimum atomic E-state index is -0.463. The maximum atomic E-state index is 10.3. The van der Waals surface area contributed by atoms with Crippen molar-refractivity contribution in [1.29, 1.82) is 5.26 Å². The predicted octanol–water partition coefficient (Wildman–Crippen LogP) is 4.34. The molecule has 7 nitrogen and oxygen atoms in total. The van der Waals surface area contributed by atoms with Crippen LogP contribution in [0.25, 0.3) is 21.6 Å². The van der Waals surface area contributed by atoms with Gasteiger partial charge >= 0.3 is 0 Å². The number of aromatic nitrogens is 4. The van der Waals surface area contributed by atoms with E-state index in [1.165, 1.54) is 18.0 Å². The number of fused-ring (bicyclic) bond motifs is 1. The van der Waals surface area contributed by atoms with E-state index in [0.29, 0.717) is 13.2 Å². The second-order valence-electron chi connectivity index (χ2n) is 8.55. The van der Waals surface area contributed by atoms with Crippen molar-refractivity contribution in [3.8, 4) is 17.5 Å². The average molecular weight is 423 g/mol. The van der Waals surface area contributed by atoms with Crippen LogP contribution in [0.4, 0.5) is 5.82 Å². The number of pyridine rings is 1. The van der Waals surface area contributed by atoms with Crippen molar-refractivity contribution in [1.82, 2.24) is 19.6 Å². The first-order valence-corrected chi connectivity index (χ1v) is 11.5. The molecule has 2 fully saturated rings. The van der Waals surface area contributed by atoms with Crippen molar-refractivity contribution < 1.29 is 4.74 Å². The zero-order valence-corrected chi connectivity index (χ0v) is 18.3. The van der Waals surface area contributed by atoms with Gasteiger partial charge in [0.15, 0.2) is 0 Å². The highest BCUT2D eigenvalue weighted by Gasteiger charge is 2.38. The first-order valence-electron chi connectivity index (χ1n) is 10.7. The number of nitrogens with one attached hydrogen (secondary N) is 1. The number of ether oxygens (including phenoxy) is 1. The quantitative estimate of drug-likeness (QED) is 0.675. The largest absolute Gasteiger partial charge is 0.377 e. The molecule has 0 amide bonds. The van der Waals surface area contributed by atoms with E-state index in [9.17, 15) is 5.26 Å². The summed E-state index contributed by atoms with van der Waals surface area (Å²) in [7, 11) is 0. The van der Waals surface area contributed by atoms with Gasteiger partial charge in [0.05, 0.1) is 35.4 Å². The molecule has 1 saturated carbocycles. The van der Waals surface area contributed by atoms with Crippen molar-refractivity contribution in [3.63, 3.8) is 0 Å². The molecule has 8 heteroatoms. The van der Waals surface area contributed by atoms with Crippen molar-refractivity contribution in [2.75, 3.05) is 24.7 Å². The molecule has 1 aliphatic carbocycles. The van der Waals surface area contributed by atoms with Crippen LogP contribution in [0.2, 0.25) is 0 Å². The molecule has 3 aromatic heterocycles. The molecule has 3 aromatic rings. The number of aryl methyl sites for hydroxylation is 1. The van der Waals surface area contributed by atoms with Gasteiger partial charge in [-0.25, -0.2) is 4.98 Å². The van der Waals surface area contributed by atoms with Gasteiger partial charge in [-0.15, -0.1) is 0 Å². The van der Waals surface area contributed by atoms with Gasteiger partial charge < -0.3 is 9.64 Å². The molecule has 0 spiro atoms. The van der Waals surface area contributed by atoms with E-state index in [1.807, 2.05) is 13.0 Å². The second-order valence-corrected chi connectivity index (χ2v) is 9.32. The fourth-order valence-corrected chi connectivity index (χ4v) is 5.73. The molecule has 1 atom stereocenters. The van der Waals surface area contributed by atoms with Gasteiger partial charge in [-0.2, -0.15) is 14.7 Å². The third kappa shape index (κ3) is 3.17. The molecule has 0 bridgehead atoms. The summed E-state index contributed by atoms with van der Waals surface area (Å²) in [5.74, 6) is 0.919. The van der Waals surface area contributed by atoms with Crippen LogP contribution in [0.1, 0.15) is 50.3 Å². The second kappa shape index (κ2) is 7.64. The first kappa shape index (κ1) is 19.5. The van der Waals surface area contributed by atoms with Gasteiger partial charge in [0.2, 0.25) is 0 Å². The highest BCUT2D eigenvalue weighted by atomic mass is 32.1. The van der Waals surface area contributed by atoms with Crippen LogP contribution < -0.4 is 4.90 Å².